The van der Waals surface area contributed by atoms with Gasteiger partial charge in [-0.15, -0.1) is 0 Å². The first-order chi connectivity index (χ1) is 11.3. The first-order valence-electron chi connectivity index (χ1n) is 8.64. The molecule has 7 nitrogen and oxygen atoms in total. The molecule has 24 heavy (non-hydrogen) atoms. The van der Waals surface area contributed by atoms with Crippen LogP contribution in [-0.2, 0) is 16.1 Å². The van der Waals surface area contributed by atoms with Gasteiger partial charge in [0.2, 0.25) is 5.91 Å². The van der Waals surface area contributed by atoms with Crippen LogP contribution in [0.25, 0.3) is 0 Å². The maximum atomic E-state index is 11.5. The van der Waals surface area contributed by atoms with Gasteiger partial charge in [0.1, 0.15) is 5.60 Å². The van der Waals surface area contributed by atoms with Gasteiger partial charge in [-0.3, -0.25) is 9.69 Å². The first-order valence-corrected chi connectivity index (χ1v) is 8.64. The molecule has 1 spiro atoms. The normalized spacial score (nSPS) is 30.4. The summed E-state index contributed by atoms with van der Waals surface area (Å²) in [4.78, 5) is 21.3. The lowest BCUT2D eigenvalue weighted by Crippen LogP contribution is -2.63. The fraction of sp³-hybridized carbons (Fsp3) is 0.765. The van der Waals surface area contributed by atoms with Crippen LogP contribution in [0, 0.1) is 6.92 Å². The lowest BCUT2D eigenvalue weighted by Gasteiger charge is -2.50. The van der Waals surface area contributed by atoms with Crippen LogP contribution in [-0.4, -0.2) is 62.8 Å². The lowest BCUT2D eigenvalue weighted by molar-refractivity contribution is -0.193. The number of aromatic nitrogens is 2. The number of rotatable bonds is 3. The molecular weight excluding hydrogens is 308 g/mol. The van der Waals surface area contributed by atoms with Gasteiger partial charge >= 0.3 is 0 Å². The molecule has 1 aromatic heterocycles. The van der Waals surface area contributed by atoms with Crippen LogP contribution in [0.1, 0.15) is 44.5 Å². The van der Waals surface area contributed by atoms with Gasteiger partial charge in [0, 0.05) is 32.3 Å². The Balaban J connectivity index is 1.60. The minimum Gasteiger partial charge on any atom is -0.386 e. The zero-order valence-corrected chi connectivity index (χ0v) is 14.8. The lowest BCUT2D eigenvalue weighted by atomic mass is 9.77. The Bertz CT molecular complexity index is 590. The smallest absolute Gasteiger partial charge is 0.217 e. The molecule has 2 saturated heterocycles. The number of ether oxygens (including phenoxy) is 1. The second kappa shape index (κ2) is 6.46. The van der Waals surface area contributed by atoms with Gasteiger partial charge < -0.3 is 20.1 Å². The van der Waals surface area contributed by atoms with Crippen LogP contribution in [0.15, 0.2) is 6.33 Å². The highest BCUT2D eigenvalue weighted by Crippen LogP contribution is 2.38. The number of likely N-dealkylation sites (tertiary alicyclic amines) is 1. The van der Waals surface area contributed by atoms with Crippen molar-refractivity contribution in [1.29, 1.82) is 0 Å². The van der Waals surface area contributed by atoms with E-state index in [9.17, 15) is 9.90 Å². The van der Waals surface area contributed by atoms with E-state index in [1.54, 1.807) is 13.3 Å². The molecule has 3 rings (SSSR count). The van der Waals surface area contributed by atoms with Gasteiger partial charge in [0.25, 0.3) is 0 Å². The van der Waals surface area contributed by atoms with Crippen molar-refractivity contribution in [3.05, 3.63) is 17.7 Å². The number of H-pyrrole nitrogens is 1. The molecule has 3 heterocycles. The second-order valence-electron chi connectivity index (χ2n) is 7.54. The van der Waals surface area contributed by atoms with E-state index >= 15 is 0 Å². The molecule has 0 unspecified atom stereocenters. The van der Waals surface area contributed by atoms with Crippen molar-refractivity contribution in [2.24, 2.45) is 0 Å². The standard InChI is InChI=1S/C17H28N4O3/c1-12-14(19-11-18-12)9-21-6-4-17(5-7-21)8-15(20-13(2)22)16(3,23)10-24-17/h11,15,23H,4-10H2,1-3H3,(H,18,19)(H,20,22)/t15-,16-/m0/s1. The Morgan fingerprint density at radius 1 is 1.54 bits per heavy atom. The molecule has 2 atom stereocenters. The third-order valence-electron chi connectivity index (χ3n) is 5.45. The number of aryl methyl sites for hydroxylation is 1. The number of amides is 1. The van der Waals surface area contributed by atoms with Crippen LogP contribution < -0.4 is 5.32 Å². The van der Waals surface area contributed by atoms with E-state index in [2.05, 4.69) is 20.2 Å². The monoisotopic (exact) mass is 336 g/mol. The molecular formula is C17H28N4O3. The number of imidazole rings is 1. The highest BCUT2D eigenvalue weighted by Gasteiger charge is 2.48. The van der Waals surface area contributed by atoms with Crippen LogP contribution in [0.5, 0.6) is 0 Å². The van der Waals surface area contributed by atoms with Crippen molar-refractivity contribution < 1.29 is 14.6 Å². The van der Waals surface area contributed by atoms with Gasteiger partial charge in [-0.05, 0) is 33.1 Å². The van der Waals surface area contributed by atoms with Gasteiger partial charge in [-0.1, -0.05) is 0 Å². The summed E-state index contributed by atoms with van der Waals surface area (Å²) in [5, 5.41) is 13.4. The van der Waals surface area contributed by atoms with E-state index in [1.165, 1.54) is 6.92 Å². The average Bonchev–Trinajstić information content (AvgIpc) is 2.91. The number of nitrogens with zero attached hydrogens (tertiary/aromatic N) is 2. The van der Waals surface area contributed by atoms with Crippen LogP contribution in [0.2, 0.25) is 0 Å². The van der Waals surface area contributed by atoms with Gasteiger partial charge in [-0.2, -0.15) is 0 Å². The van der Waals surface area contributed by atoms with Crippen molar-refractivity contribution in [1.82, 2.24) is 20.2 Å². The number of aliphatic hydroxyl groups is 1. The Hall–Kier alpha value is -1.44. The third-order valence-corrected chi connectivity index (χ3v) is 5.45. The van der Waals surface area contributed by atoms with E-state index in [4.69, 9.17) is 4.74 Å². The van der Waals surface area contributed by atoms with E-state index in [1.807, 2.05) is 6.92 Å². The summed E-state index contributed by atoms with van der Waals surface area (Å²) in [6, 6.07) is -0.260. The van der Waals surface area contributed by atoms with Gasteiger partial charge in [0.05, 0.1) is 30.3 Å². The van der Waals surface area contributed by atoms with Crippen molar-refractivity contribution in [2.45, 2.75) is 63.8 Å². The maximum absolute atomic E-state index is 11.5. The predicted molar refractivity (Wildman–Crippen MR) is 89.4 cm³/mol. The Kier molecular flexibility index (Phi) is 4.68. The SMILES string of the molecule is CC(=O)N[C@H]1CC2(CCN(Cc3nc[nH]c3C)CC2)OC[C@]1(C)O. The summed E-state index contributed by atoms with van der Waals surface area (Å²) in [5.41, 5.74) is 0.952. The Morgan fingerprint density at radius 2 is 2.25 bits per heavy atom. The van der Waals surface area contributed by atoms with E-state index < -0.39 is 5.60 Å². The first kappa shape index (κ1) is 17.4. The van der Waals surface area contributed by atoms with Crippen LogP contribution in [0.4, 0.5) is 0 Å². The summed E-state index contributed by atoms with van der Waals surface area (Å²) in [6.07, 6.45) is 4.21. The molecule has 0 aromatic carbocycles. The minimum absolute atomic E-state index is 0.108. The molecule has 0 aliphatic carbocycles. The molecule has 7 heteroatoms. The van der Waals surface area contributed by atoms with Crippen LogP contribution >= 0.6 is 0 Å². The number of carbonyl (C=O) groups is 1. The van der Waals surface area contributed by atoms with Gasteiger partial charge in [0.15, 0.2) is 0 Å². The van der Waals surface area contributed by atoms with Crippen LogP contribution in [0.3, 0.4) is 0 Å². The van der Waals surface area contributed by atoms with E-state index in [0.717, 1.165) is 43.9 Å². The maximum Gasteiger partial charge on any atom is 0.217 e. The average molecular weight is 336 g/mol. The molecule has 2 fully saturated rings. The van der Waals surface area contributed by atoms with Crippen molar-refractivity contribution >= 4 is 5.91 Å². The van der Waals surface area contributed by atoms with Crippen molar-refractivity contribution in [3.63, 3.8) is 0 Å². The summed E-state index contributed by atoms with van der Waals surface area (Å²) in [7, 11) is 0. The number of piperidine rings is 1. The quantitative estimate of drug-likeness (QED) is 0.757. The molecule has 2 aliphatic heterocycles. The Morgan fingerprint density at radius 3 is 2.83 bits per heavy atom. The predicted octanol–water partition coefficient (Wildman–Crippen LogP) is 0.729. The number of carbonyl (C=O) groups excluding carboxylic acids is 1. The molecule has 0 bridgehead atoms. The largest absolute Gasteiger partial charge is 0.386 e. The second-order valence-corrected chi connectivity index (χ2v) is 7.54. The van der Waals surface area contributed by atoms with Crippen molar-refractivity contribution in [2.75, 3.05) is 19.7 Å². The number of nitrogens with one attached hydrogen (secondary N) is 2. The Labute approximate surface area is 142 Å². The van der Waals surface area contributed by atoms with E-state index in [-0.39, 0.29) is 24.2 Å². The summed E-state index contributed by atoms with van der Waals surface area (Å²) < 4.78 is 6.09. The number of hydrogen-bond donors (Lipinski definition) is 3. The fourth-order valence-corrected chi connectivity index (χ4v) is 3.73. The molecule has 0 saturated carbocycles. The van der Waals surface area contributed by atoms with Crippen molar-refractivity contribution in [3.8, 4) is 0 Å². The zero-order chi connectivity index (χ0) is 17.4. The summed E-state index contributed by atoms with van der Waals surface area (Å²) >= 11 is 0. The topological polar surface area (TPSA) is 90.5 Å². The minimum atomic E-state index is -1.01. The molecule has 1 aromatic rings. The molecule has 3 N–H and O–H groups in total. The fourth-order valence-electron chi connectivity index (χ4n) is 3.73. The highest BCUT2D eigenvalue weighted by molar-refractivity contribution is 5.73. The zero-order valence-electron chi connectivity index (χ0n) is 14.8. The molecule has 1 amide bonds. The summed E-state index contributed by atoms with van der Waals surface area (Å²) in [5.74, 6) is -0.108. The molecule has 2 aliphatic rings. The number of aromatic amines is 1. The molecule has 0 radical (unpaired) electrons. The van der Waals surface area contributed by atoms with Gasteiger partial charge in [-0.25, -0.2) is 4.98 Å². The molecule has 134 valence electrons. The summed E-state index contributed by atoms with van der Waals surface area (Å²) in [6.45, 7) is 8.23. The number of hydrogen-bond acceptors (Lipinski definition) is 5. The third kappa shape index (κ3) is 3.63. The highest BCUT2D eigenvalue weighted by atomic mass is 16.5. The van der Waals surface area contributed by atoms with E-state index in [0.29, 0.717) is 6.42 Å².